The van der Waals surface area contributed by atoms with E-state index in [0.717, 1.165) is 5.56 Å². The van der Waals surface area contributed by atoms with Crippen LogP contribution in [0.15, 0.2) is 53.5 Å². The molecule has 0 bridgehead atoms. The van der Waals surface area contributed by atoms with Gasteiger partial charge in [-0.05, 0) is 36.2 Å². The van der Waals surface area contributed by atoms with Gasteiger partial charge in [0.1, 0.15) is 17.1 Å². The number of nitrogens with one attached hydrogen (secondary N) is 1. The number of ether oxygens (including phenoxy) is 2. The molecule has 194 valence electrons. The first kappa shape index (κ1) is 26.2. The highest BCUT2D eigenvalue weighted by Gasteiger charge is 2.19. The number of methoxy groups -OCH3 is 2. The fourth-order valence-corrected chi connectivity index (χ4v) is 4.17. The first-order chi connectivity index (χ1) is 17.8. The summed E-state index contributed by atoms with van der Waals surface area (Å²) in [5.74, 6) is 1.08. The van der Waals surface area contributed by atoms with Gasteiger partial charge in [0.2, 0.25) is 5.95 Å². The van der Waals surface area contributed by atoms with Crippen LogP contribution in [0.5, 0.6) is 11.5 Å². The van der Waals surface area contributed by atoms with E-state index in [-0.39, 0.29) is 23.1 Å². The second-order valence-electron chi connectivity index (χ2n) is 8.39. The molecule has 1 unspecified atom stereocenters. The minimum absolute atomic E-state index is 0.0506. The molecule has 0 saturated carbocycles. The third-order valence-corrected chi connectivity index (χ3v) is 6.29. The molecular formula is C26H28ClN5O5. The van der Waals surface area contributed by atoms with Crippen molar-refractivity contribution in [3.63, 3.8) is 0 Å². The third kappa shape index (κ3) is 5.77. The third-order valence-electron chi connectivity index (χ3n) is 5.90. The summed E-state index contributed by atoms with van der Waals surface area (Å²) in [7, 11) is 3.01. The lowest BCUT2D eigenvalue weighted by atomic mass is 10.0. The Kier molecular flexibility index (Phi) is 8.12. The van der Waals surface area contributed by atoms with E-state index in [0.29, 0.717) is 52.3 Å². The number of hydrogen-bond acceptors (Lipinski definition) is 9. The number of hydrogen-bond donors (Lipinski definition) is 4. The number of pyridine rings is 1. The Morgan fingerprint density at radius 3 is 2.57 bits per heavy atom. The number of rotatable bonds is 10. The predicted molar refractivity (Wildman–Crippen MR) is 143 cm³/mol. The molecule has 0 spiro atoms. The molecule has 10 nitrogen and oxygen atoms in total. The molecule has 1 atom stereocenters. The number of benzene rings is 2. The second-order valence-corrected chi connectivity index (χ2v) is 8.77. The van der Waals surface area contributed by atoms with Crippen molar-refractivity contribution < 1.29 is 19.7 Å². The van der Waals surface area contributed by atoms with Gasteiger partial charge in [-0.1, -0.05) is 23.7 Å². The van der Waals surface area contributed by atoms with Crippen molar-refractivity contribution in [3.05, 3.63) is 69.6 Å². The van der Waals surface area contributed by atoms with E-state index in [9.17, 15) is 9.90 Å². The van der Waals surface area contributed by atoms with Crippen molar-refractivity contribution in [1.82, 2.24) is 14.5 Å². The maximum Gasteiger partial charge on any atom is 0.260 e. The number of aryl methyl sites for hydroxylation is 2. The van der Waals surface area contributed by atoms with Crippen molar-refractivity contribution in [3.8, 4) is 22.6 Å². The molecule has 0 fully saturated rings. The van der Waals surface area contributed by atoms with Gasteiger partial charge in [-0.15, -0.1) is 0 Å². The molecule has 37 heavy (non-hydrogen) atoms. The zero-order valence-electron chi connectivity index (χ0n) is 20.4. The van der Waals surface area contributed by atoms with Gasteiger partial charge >= 0.3 is 0 Å². The SMILES string of the molecule is COc1cc(OC)c(Cl)c(-c2cc3cnc(NCC(O)CO)nc3n(CCc3ccc(N)cc3)c2=O)c1. The molecule has 0 aliphatic rings. The van der Waals surface area contributed by atoms with Gasteiger partial charge in [0.05, 0.1) is 32.0 Å². The van der Waals surface area contributed by atoms with Gasteiger partial charge < -0.3 is 30.7 Å². The van der Waals surface area contributed by atoms with E-state index >= 15 is 0 Å². The van der Waals surface area contributed by atoms with E-state index in [1.165, 1.54) is 14.2 Å². The quantitative estimate of drug-likeness (QED) is 0.230. The summed E-state index contributed by atoms with van der Waals surface area (Å²) < 4.78 is 12.3. The van der Waals surface area contributed by atoms with Crippen LogP contribution in [0.3, 0.4) is 0 Å². The number of halogens is 1. The molecule has 4 rings (SSSR count). The minimum atomic E-state index is -0.973. The molecule has 2 aromatic carbocycles. The topological polar surface area (TPSA) is 145 Å². The van der Waals surface area contributed by atoms with Gasteiger partial charge in [-0.25, -0.2) is 4.98 Å². The molecule has 0 saturated heterocycles. The number of fused-ring (bicyclic) bond motifs is 1. The number of nitrogens with two attached hydrogens (primary N) is 1. The van der Waals surface area contributed by atoms with Gasteiger partial charge in [-0.2, -0.15) is 4.98 Å². The highest BCUT2D eigenvalue weighted by atomic mass is 35.5. The highest BCUT2D eigenvalue weighted by molar-refractivity contribution is 6.35. The normalized spacial score (nSPS) is 11.9. The number of aromatic nitrogens is 3. The number of aliphatic hydroxyl groups excluding tert-OH is 2. The molecule has 0 aliphatic carbocycles. The van der Waals surface area contributed by atoms with Crippen molar-refractivity contribution in [2.24, 2.45) is 0 Å². The average Bonchev–Trinajstić information content (AvgIpc) is 2.92. The van der Waals surface area contributed by atoms with Crippen molar-refractivity contribution in [2.75, 3.05) is 38.4 Å². The Hall–Kier alpha value is -3.86. The minimum Gasteiger partial charge on any atom is -0.497 e. The maximum absolute atomic E-state index is 13.9. The molecule has 5 N–H and O–H groups in total. The lowest BCUT2D eigenvalue weighted by molar-refractivity contribution is 0.105. The molecule has 11 heteroatoms. The van der Waals surface area contributed by atoms with Crippen molar-refractivity contribution >= 4 is 34.3 Å². The van der Waals surface area contributed by atoms with Crippen LogP contribution in [0.1, 0.15) is 5.56 Å². The van der Waals surface area contributed by atoms with Crippen LogP contribution in [0.4, 0.5) is 11.6 Å². The lowest BCUT2D eigenvalue weighted by Crippen LogP contribution is -2.26. The summed E-state index contributed by atoms with van der Waals surface area (Å²) in [6.07, 6.45) is 1.16. The summed E-state index contributed by atoms with van der Waals surface area (Å²) >= 11 is 6.62. The lowest BCUT2D eigenvalue weighted by Gasteiger charge is -2.16. The first-order valence-corrected chi connectivity index (χ1v) is 11.9. The average molecular weight is 526 g/mol. The summed E-state index contributed by atoms with van der Waals surface area (Å²) in [5.41, 5.74) is 8.36. The Morgan fingerprint density at radius 2 is 1.89 bits per heavy atom. The zero-order chi connectivity index (χ0) is 26.5. The summed E-state index contributed by atoms with van der Waals surface area (Å²) in [5, 5.41) is 22.5. The highest BCUT2D eigenvalue weighted by Crippen LogP contribution is 2.38. The first-order valence-electron chi connectivity index (χ1n) is 11.5. The monoisotopic (exact) mass is 525 g/mol. The van der Waals surface area contributed by atoms with Gasteiger partial charge in [0, 0.05) is 47.6 Å². The summed E-state index contributed by atoms with van der Waals surface area (Å²) in [6.45, 7) is -0.0303. The number of anilines is 2. The Labute approximate surface area is 218 Å². The predicted octanol–water partition coefficient (Wildman–Crippen LogP) is 2.72. The molecule has 0 aliphatic heterocycles. The van der Waals surface area contributed by atoms with Crippen LogP contribution < -0.4 is 26.1 Å². The van der Waals surface area contributed by atoms with E-state index in [2.05, 4.69) is 15.3 Å². The molecule has 0 radical (unpaired) electrons. The largest absolute Gasteiger partial charge is 0.497 e. The van der Waals surface area contributed by atoms with Gasteiger partial charge in [-0.3, -0.25) is 9.36 Å². The number of aliphatic hydroxyl groups is 2. The van der Waals surface area contributed by atoms with Crippen LogP contribution in [0, 0.1) is 0 Å². The standard InChI is InChI=1S/C26H28ClN5O5/c1-36-19-10-20(23(27)22(11-19)37-2)21-9-16-12-29-26(30-13-18(34)14-33)31-24(16)32(25(21)35)8-7-15-3-5-17(28)6-4-15/h3-6,9-12,18,33-34H,7-8,13-14,28H2,1-2H3,(H,29,30,31). The summed E-state index contributed by atoms with van der Waals surface area (Å²) in [6, 6.07) is 12.5. The smallest absolute Gasteiger partial charge is 0.260 e. The van der Waals surface area contributed by atoms with Gasteiger partial charge in [0.25, 0.3) is 5.56 Å². The molecule has 2 aromatic heterocycles. The van der Waals surface area contributed by atoms with Gasteiger partial charge in [0.15, 0.2) is 0 Å². The van der Waals surface area contributed by atoms with Crippen LogP contribution in [-0.2, 0) is 13.0 Å². The van der Waals surface area contributed by atoms with E-state index in [4.69, 9.17) is 31.9 Å². The van der Waals surface area contributed by atoms with Crippen LogP contribution in [0.2, 0.25) is 5.02 Å². The van der Waals surface area contributed by atoms with Crippen LogP contribution >= 0.6 is 11.6 Å². The zero-order valence-corrected chi connectivity index (χ0v) is 21.2. The summed E-state index contributed by atoms with van der Waals surface area (Å²) in [4.78, 5) is 22.7. The van der Waals surface area contributed by atoms with Crippen molar-refractivity contribution in [2.45, 2.75) is 19.1 Å². The Balaban J connectivity index is 1.86. The Bertz CT molecular complexity index is 1460. The van der Waals surface area contributed by atoms with E-state index < -0.39 is 12.7 Å². The maximum atomic E-state index is 13.9. The van der Waals surface area contributed by atoms with E-state index in [1.54, 1.807) is 29.0 Å². The molecule has 2 heterocycles. The number of nitrogens with zero attached hydrogens (tertiary/aromatic N) is 3. The molecular weight excluding hydrogens is 498 g/mol. The Morgan fingerprint density at radius 1 is 1.14 bits per heavy atom. The second kappa shape index (κ2) is 11.5. The fraction of sp³-hybridized carbons (Fsp3) is 0.269. The fourth-order valence-electron chi connectivity index (χ4n) is 3.88. The van der Waals surface area contributed by atoms with Crippen molar-refractivity contribution in [1.29, 1.82) is 0 Å². The van der Waals surface area contributed by atoms with E-state index in [1.807, 2.05) is 24.3 Å². The molecule has 0 amide bonds. The molecule has 4 aromatic rings. The van der Waals surface area contributed by atoms with Crippen LogP contribution in [-0.4, -0.2) is 58.2 Å². The number of nitrogen functional groups attached to an aromatic ring is 1. The van der Waals surface area contributed by atoms with Crippen LogP contribution in [0.25, 0.3) is 22.2 Å².